The van der Waals surface area contributed by atoms with E-state index in [9.17, 15) is 14.9 Å². The predicted molar refractivity (Wildman–Crippen MR) is 130 cm³/mol. The number of amides is 1. The van der Waals surface area contributed by atoms with Crippen LogP contribution < -0.4 is 15.5 Å². The van der Waals surface area contributed by atoms with Crippen LogP contribution in [-0.2, 0) is 11.3 Å². The molecule has 0 radical (unpaired) electrons. The van der Waals surface area contributed by atoms with Crippen molar-refractivity contribution in [3.63, 3.8) is 0 Å². The minimum atomic E-state index is -0.550. The van der Waals surface area contributed by atoms with Crippen molar-refractivity contribution in [2.24, 2.45) is 0 Å². The molecule has 176 valence electrons. The Balaban J connectivity index is 1.46. The minimum Gasteiger partial charge on any atom is -0.459 e. The highest BCUT2D eigenvalue weighted by atomic mass is 32.1. The third-order valence-corrected chi connectivity index (χ3v) is 5.46. The Kier molecular flexibility index (Phi) is 7.16. The summed E-state index contributed by atoms with van der Waals surface area (Å²) in [5.41, 5.74) is 2.01. The van der Waals surface area contributed by atoms with Gasteiger partial charge in [-0.2, -0.15) is 0 Å². The van der Waals surface area contributed by atoms with Gasteiger partial charge in [-0.3, -0.25) is 20.2 Å². The second-order valence-corrected chi connectivity index (χ2v) is 7.88. The molecule has 2 heterocycles. The number of thiocarbonyl (C=S) groups is 1. The highest BCUT2D eigenvalue weighted by Gasteiger charge is 2.22. The maximum atomic E-state index is 13.0. The maximum Gasteiger partial charge on any atom is 0.270 e. The van der Waals surface area contributed by atoms with E-state index in [1.165, 1.54) is 12.1 Å². The number of aliphatic hydroxyl groups is 1. The molecule has 0 unspecified atom stereocenters. The number of non-ortho nitro benzene ring substituents is 1. The number of rotatable bonds is 6. The number of carbonyl (C=O) groups is 1. The van der Waals surface area contributed by atoms with E-state index in [4.69, 9.17) is 26.5 Å². The lowest BCUT2D eigenvalue weighted by molar-refractivity contribution is -0.384. The largest absolute Gasteiger partial charge is 0.459 e. The zero-order valence-corrected chi connectivity index (χ0v) is 18.8. The van der Waals surface area contributed by atoms with Crippen LogP contribution in [0.15, 0.2) is 59.0 Å². The molecular formula is C23H22N4O6S. The van der Waals surface area contributed by atoms with E-state index in [1.54, 1.807) is 30.3 Å². The number of morpholine rings is 1. The van der Waals surface area contributed by atoms with Gasteiger partial charge in [-0.05, 0) is 54.7 Å². The highest BCUT2D eigenvalue weighted by molar-refractivity contribution is 7.80. The summed E-state index contributed by atoms with van der Waals surface area (Å²) >= 11 is 5.28. The summed E-state index contributed by atoms with van der Waals surface area (Å²) in [5.74, 6) is 0.540. The fourth-order valence-corrected chi connectivity index (χ4v) is 3.78. The van der Waals surface area contributed by atoms with Crippen molar-refractivity contribution in [2.75, 3.05) is 36.5 Å². The molecule has 3 aromatic rings. The summed E-state index contributed by atoms with van der Waals surface area (Å²) in [5, 5.41) is 26.0. The van der Waals surface area contributed by atoms with Crippen LogP contribution in [0.5, 0.6) is 0 Å². The van der Waals surface area contributed by atoms with Gasteiger partial charge in [0.05, 0.1) is 29.4 Å². The molecule has 10 nitrogen and oxygen atoms in total. The SMILES string of the molecule is O=C(NC(=S)Nc1ccc(-c2ccc(CO)o2)cc1)c1cc([N+](=O)[O-])ccc1N1CCOCC1. The van der Waals surface area contributed by atoms with E-state index < -0.39 is 10.8 Å². The normalized spacial score (nSPS) is 13.4. The van der Waals surface area contributed by atoms with Crippen LogP contribution in [-0.4, -0.2) is 47.4 Å². The first-order valence-corrected chi connectivity index (χ1v) is 10.9. The van der Waals surface area contributed by atoms with Crippen LogP contribution in [0.3, 0.4) is 0 Å². The van der Waals surface area contributed by atoms with Crippen LogP contribution in [0, 0.1) is 10.1 Å². The van der Waals surface area contributed by atoms with Crippen LogP contribution in [0.25, 0.3) is 11.3 Å². The van der Waals surface area contributed by atoms with Crippen LogP contribution in [0.1, 0.15) is 16.1 Å². The molecule has 4 rings (SSSR count). The van der Waals surface area contributed by atoms with Crippen molar-refractivity contribution in [3.05, 3.63) is 76.0 Å². The number of furan rings is 1. The van der Waals surface area contributed by atoms with Gasteiger partial charge in [0.25, 0.3) is 11.6 Å². The van der Waals surface area contributed by atoms with E-state index in [1.807, 2.05) is 17.0 Å². The number of anilines is 2. The van der Waals surface area contributed by atoms with Gasteiger partial charge in [0.1, 0.15) is 18.1 Å². The van der Waals surface area contributed by atoms with E-state index in [0.717, 1.165) is 5.56 Å². The number of nitro benzene ring substituents is 1. The number of benzene rings is 2. The van der Waals surface area contributed by atoms with Crippen molar-refractivity contribution in [2.45, 2.75) is 6.61 Å². The highest BCUT2D eigenvalue weighted by Crippen LogP contribution is 2.27. The Labute approximate surface area is 200 Å². The van der Waals surface area contributed by atoms with Crippen LogP contribution in [0.2, 0.25) is 0 Å². The van der Waals surface area contributed by atoms with E-state index in [-0.39, 0.29) is 23.0 Å². The monoisotopic (exact) mass is 482 g/mol. The van der Waals surface area contributed by atoms with Crippen LogP contribution in [0.4, 0.5) is 17.1 Å². The summed E-state index contributed by atoms with van der Waals surface area (Å²) < 4.78 is 10.9. The average Bonchev–Trinajstić information content (AvgIpc) is 3.34. The van der Waals surface area contributed by atoms with Crippen molar-refractivity contribution >= 4 is 40.3 Å². The Morgan fingerprint density at radius 1 is 1.12 bits per heavy atom. The third-order valence-electron chi connectivity index (χ3n) is 5.26. The summed E-state index contributed by atoms with van der Waals surface area (Å²) in [6, 6.07) is 14.8. The molecule has 1 aliphatic rings. The average molecular weight is 483 g/mol. The number of nitrogens with one attached hydrogen (secondary N) is 2. The van der Waals surface area contributed by atoms with E-state index in [0.29, 0.717) is 49.2 Å². The fourth-order valence-electron chi connectivity index (χ4n) is 3.57. The molecule has 1 saturated heterocycles. The Morgan fingerprint density at radius 3 is 2.50 bits per heavy atom. The lowest BCUT2D eigenvalue weighted by Gasteiger charge is -2.30. The summed E-state index contributed by atoms with van der Waals surface area (Å²) in [6.07, 6.45) is 0. The number of nitrogens with zero attached hydrogens (tertiary/aromatic N) is 2. The number of nitro groups is 1. The Bertz CT molecular complexity index is 1200. The van der Waals surface area contributed by atoms with Crippen molar-refractivity contribution in [1.82, 2.24) is 5.32 Å². The Hall–Kier alpha value is -3.80. The lowest BCUT2D eigenvalue weighted by Crippen LogP contribution is -2.39. The van der Waals surface area contributed by atoms with Crippen molar-refractivity contribution < 1.29 is 24.0 Å². The van der Waals surface area contributed by atoms with E-state index >= 15 is 0 Å². The predicted octanol–water partition coefficient (Wildman–Crippen LogP) is 3.31. The summed E-state index contributed by atoms with van der Waals surface area (Å²) in [6.45, 7) is 1.98. The zero-order chi connectivity index (χ0) is 24.1. The molecule has 0 aliphatic carbocycles. The van der Waals surface area contributed by atoms with E-state index in [2.05, 4.69) is 10.6 Å². The molecule has 1 aromatic heterocycles. The molecule has 0 atom stereocenters. The number of ether oxygens (including phenoxy) is 1. The summed E-state index contributed by atoms with van der Waals surface area (Å²) in [4.78, 5) is 25.7. The van der Waals surface area contributed by atoms with Gasteiger partial charge >= 0.3 is 0 Å². The van der Waals surface area contributed by atoms with Gasteiger partial charge < -0.3 is 24.5 Å². The van der Waals surface area contributed by atoms with Gasteiger partial charge in [0, 0.05) is 36.5 Å². The van der Waals surface area contributed by atoms with Crippen molar-refractivity contribution in [3.8, 4) is 11.3 Å². The fraction of sp³-hybridized carbons (Fsp3) is 0.217. The topological polar surface area (TPSA) is 130 Å². The molecule has 2 aromatic carbocycles. The molecule has 3 N–H and O–H groups in total. The number of hydrogen-bond donors (Lipinski definition) is 3. The second kappa shape index (κ2) is 10.4. The molecule has 1 amide bonds. The Morgan fingerprint density at radius 2 is 1.85 bits per heavy atom. The first kappa shape index (κ1) is 23.4. The molecule has 1 fully saturated rings. The molecule has 0 saturated carbocycles. The first-order valence-electron chi connectivity index (χ1n) is 10.5. The second-order valence-electron chi connectivity index (χ2n) is 7.47. The van der Waals surface area contributed by atoms with Gasteiger partial charge in [0.15, 0.2) is 5.11 Å². The molecule has 11 heteroatoms. The third kappa shape index (κ3) is 5.39. The zero-order valence-electron chi connectivity index (χ0n) is 18.0. The number of aliphatic hydroxyl groups excluding tert-OH is 1. The number of carbonyl (C=O) groups excluding carboxylic acids is 1. The molecule has 1 aliphatic heterocycles. The summed E-state index contributed by atoms with van der Waals surface area (Å²) in [7, 11) is 0. The van der Waals surface area contributed by atoms with Gasteiger partial charge in [0.2, 0.25) is 0 Å². The molecule has 0 spiro atoms. The standard InChI is InChI=1S/C23H22N4O6S/c28-14-18-6-8-21(33-18)15-1-3-16(4-2-15)24-23(34)25-22(29)19-13-17(27(30)31)5-7-20(19)26-9-11-32-12-10-26/h1-8,13,28H,9-12,14H2,(H2,24,25,29,34). The maximum absolute atomic E-state index is 13.0. The lowest BCUT2D eigenvalue weighted by atomic mass is 10.1. The van der Waals surface area contributed by atoms with Gasteiger partial charge in [-0.15, -0.1) is 0 Å². The smallest absolute Gasteiger partial charge is 0.270 e. The quantitative estimate of drug-likeness (QED) is 0.275. The molecule has 34 heavy (non-hydrogen) atoms. The van der Waals surface area contributed by atoms with Gasteiger partial charge in [-0.1, -0.05) is 0 Å². The van der Waals surface area contributed by atoms with Crippen molar-refractivity contribution in [1.29, 1.82) is 0 Å². The minimum absolute atomic E-state index is 0.0535. The van der Waals surface area contributed by atoms with Gasteiger partial charge in [-0.25, -0.2) is 0 Å². The molecule has 0 bridgehead atoms. The molecular weight excluding hydrogens is 460 g/mol. The van der Waals surface area contributed by atoms with Crippen LogP contribution >= 0.6 is 12.2 Å². The first-order chi connectivity index (χ1) is 16.4. The number of hydrogen-bond acceptors (Lipinski definition) is 8.